The Hall–Kier alpha value is -1.35. The fourth-order valence-electron chi connectivity index (χ4n) is 2.65. The summed E-state index contributed by atoms with van der Waals surface area (Å²) in [6.45, 7) is 0.475. The highest BCUT2D eigenvalue weighted by atomic mass is 16.4. The third-order valence-corrected chi connectivity index (χ3v) is 3.59. The SMILES string of the molecule is NCC1(CC(=O)O)CC(c2ccccc2)C1. The van der Waals surface area contributed by atoms with Crippen LogP contribution in [0.3, 0.4) is 0 Å². The molecule has 0 aromatic heterocycles. The van der Waals surface area contributed by atoms with Crippen LogP contribution in [0.1, 0.15) is 30.7 Å². The van der Waals surface area contributed by atoms with Crippen molar-refractivity contribution in [2.24, 2.45) is 11.1 Å². The molecule has 0 spiro atoms. The Morgan fingerprint density at radius 3 is 2.50 bits per heavy atom. The molecule has 1 aromatic rings. The molecule has 16 heavy (non-hydrogen) atoms. The fourth-order valence-corrected chi connectivity index (χ4v) is 2.65. The van der Waals surface area contributed by atoms with Crippen LogP contribution in [-0.4, -0.2) is 17.6 Å². The van der Waals surface area contributed by atoms with Gasteiger partial charge in [-0.05, 0) is 36.3 Å². The summed E-state index contributed by atoms with van der Waals surface area (Å²) in [6.07, 6.45) is 2.01. The van der Waals surface area contributed by atoms with E-state index in [2.05, 4.69) is 12.1 Å². The second-order valence-electron chi connectivity index (χ2n) is 4.79. The first-order valence-electron chi connectivity index (χ1n) is 5.62. The van der Waals surface area contributed by atoms with Gasteiger partial charge in [-0.15, -0.1) is 0 Å². The number of rotatable bonds is 4. The minimum Gasteiger partial charge on any atom is -0.481 e. The third kappa shape index (κ3) is 2.09. The topological polar surface area (TPSA) is 63.3 Å². The number of carboxylic acids is 1. The lowest BCUT2D eigenvalue weighted by Crippen LogP contribution is -2.43. The average molecular weight is 219 g/mol. The molecular formula is C13H17NO2. The number of aliphatic carboxylic acids is 1. The molecule has 0 saturated heterocycles. The van der Waals surface area contributed by atoms with Gasteiger partial charge in [-0.1, -0.05) is 30.3 Å². The highest BCUT2D eigenvalue weighted by molar-refractivity contribution is 5.68. The van der Waals surface area contributed by atoms with Crippen molar-refractivity contribution in [1.82, 2.24) is 0 Å². The minimum atomic E-state index is -0.739. The van der Waals surface area contributed by atoms with E-state index in [0.29, 0.717) is 12.5 Å². The van der Waals surface area contributed by atoms with Gasteiger partial charge in [0.05, 0.1) is 6.42 Å². The smallest absolute Gasteiger partial charge is 0.303 e. The molecule has 0 atom stereocenters. The highest BCUT2D eigenvalue weighted by Gasteiger charge is 2.44. The summed E-state index contributed by atoms with van der Waals surface area (Å²) < 4.78 is 0. The molecular weight excluding hydrogens is 202 g/mol. The summed E-state index contributed by atoms with van der Waals surface area (Å²) in [5, 5.41) is 8.85. The number of carboxylic acid groups (broad SMARTS) is 1. The maximum Gasteiger partial charge on any atom is 0.303 e. The van der Waals surface area contributed by atoms with Crippen LogP contribution in [-0.2, 0) is 4.79 Å². The van der Waals surface area contributed by atoms with Crippen LogP contribution in [0.2, 0.25) is 0 Å². The zero-order chi connectivity index (χ0) is 11.6. The number of benzene rings is 1. The molecule has 1 saturated carbocycles. The van der Waals surface area contributed by atoms with Gasteiger partial charge in [-0.2, -0.15) is 0 Å². The molecule has 0 heterocycles. The van der Waals surface area contributed by atoms with Crippen molar-refractivity contribution >= 4 is 5.97 Å². The van der Waals surface area contributed by atoms with E-state index < -0.39 is 5.97 Å². The molecule has 0 aliphatic heterocycles. The minimum absolute atomic E-state index is 0.160. The lowest BCUT2D eigenvalue weighted by molar-refractivity contribution is -0.141. The normalized spacial score (nSPS) is 28.4. The van der Waals surface area contributed by atoms with Crippen LogP contribution < -0.4 is 5.73 Å². The first-order chi connectivity index (χ1) is 7.65. The van der Waals surface area contributed by atoms with Gasteiger partial charge < -0.3 is 10.8 Å². The van der Waals surface area contributed by atoms with Crippen molar-refractivity contribution in [3.8, 4) is 0 Å². The van der Waals surface area contributed by atoms with Crippen molar-refractivity contribution in [3.05, 3.63) is 35.9 Å². The van der Waals surface area contributed by atoms with E-state index >= 15 is 0 Å². The quantitative estimate of drug-likeness (QED) is 0.814. The second kappa shape index (κ2) is 4.26. The fraction of sp³-hybridized carbons (Fsp3) is 0.462. The van der Waals surface area contributed by atoms with Crippen LogP contribution in [0.5, 0.6) is 0 Å². The number of carbonyl (C=O) groups is 1. The van der Waals surface area contributed by atoms with Crippen LogP contribution in [0.15, 0.2) is 30.3 Å². The lowest BCUT2D eigenvalue weighted by atomic mass is 9.58. The highest BCUT2D eigenvalue weighted by Crippen LogP contribution is 2.52. The molecule has 1 fully saturated rings. The number of nitrogens with two attached hydrogens (primary N) is 1. The molecule has 0 bridgehead atoms. The van der Waals surface area contributed by atoms with Crippen molar-refractivity contribution in [1.29, 1.82) is 0 Å². The summed E-state index contributed by atoms with van der Waals surface area (Å²) in [5.41, 5.74) is 6.84. The van der Waals surface area contributed by atoms with Crippen molar-refractivity contribution in [2.75, 3.05) is 6.54 Å². The Morgan fingerprint density at radius 2 is 2.00 bits per heavy atom. The lowest BCUT2D eigenvalue weighted by Gasteiger charge is -2.46. The van der Waals surface area contributed by atoms with Gasteiger partial charge in [-0.25, -0.2) is 0 Å². The molecule has 1 aromatic carbocycles. The van der Waals surface area contributed by atoms with Gasteiger partial charge in [0.15, 0.2) is 0 Å². The molecule has 3 N–H and O–H groups in total. The standard InChI is InChI=1S/C13H17NO2/c14-9-13(8-12(15)16)6-11(7-13)10-4-2-1-3-5-10/h1-5,11H,6-9,14H2,(H,15,16). The molecule has 1 aliphatic rings. The molecule has 3 heteroatoms. The van der Waals surface area contributed by atoms with E-state index in [1.54, 1.807) is 0 Å². The van der Waals surface area contributed by atoms with E-state index in [1.807, 2.05) is 18.2 Å². The van der Waals surface area contributed by atoms with Crippen LogP contribution in [0.25, 0.3) is 0 Å². The maximum atomic E-state index is 10.8. The van der Waals surface area contributed by atoms with Crippen LogP contribution in [0, 0.1) is 5.41 Å². The zero-order valence-corrected chi connectivity index (χ0v) is 9.23. The Labute approximate surface area is 95.3 Å². The summed E-state index contributed by atoms with van der Waals surface area (Å²) in [5.74, 6) is -0.249. The Kier molecular flexibility index (Phi) is 2.97. The number of hydrogen-bond donors (Lipinski definition) is 2. The average Bonchev–Trinajstić information content (AvgIpc) is 2.24. The van der Waals surface area contributed by atoms with Gasteiger partial charge >= 0.3 is 5.97 Å². The Bertz CT molecular complexity index is 369. The second-order valence-corrected chi connectivity index (χ2v) is 4.79. The summed E-state index contributed by atoms with van der Waals surface area (Å²) in [6, 6.07) is 10.2. The molecule has 2 rings (SSSR count). The molecule has 0 radical (unpaired) electrons. The summed E-state index contributed by atoms with van der Waals surface area (Å²) in [4.78, 5) is 10.8. The van der Waals surface area contributed by atoms with Gasteiger partial charge in [0, 0.05) is 0 Å². The summed E-state index contributed by atoms with van der Waals surface area (Å²) >= 11 is 0. The molecule has 86 valence electrons. The van der Waals surface area contributed by atoms with Gasteiger partial charge in [0.25, 0.3) is 0 Å². The number of hydrogen-bond acceptors (Lipinski definition) is 2. The van der Waals surface area contributed by atoms with Gasteiger partial charge in [0.1, 0.15) is 0 Å². The summed E-state index contributed by atoms with van der Waals surface area (Å²) in [7, 11) is 0. The Morgan fingerprint density at radius 1 is 1.38 bits per heavy atom. The monoisotopic (exact) mass is 219 g/mol. The van der Waals surface area contributed by atoms with E-state index in [0.717, 1.165) is 12.8 Å². The van der Waals surface area contributed by atoms with Crippen molar-refractivity contribution in [2.45, 2.75) is 25.2 Å². The van der Waals surface area contributed by atoms with E-state index in [1.165, 1.54) is 5.56 Å². The van der Waals surface area contributed by atoms with E-state index in [4.69, 9.17) is 10.8 Å². The van der Waals surface area contributed by atoms with Crippen LogP contribution in [0.4, 0.5) is 0 Å². The largest absolute Gasteiger partial charge is 0.481 e. The van der Waals surface area contributed by atoms with Gasteiger partial charge in [0.2, 0.25) is 0 Å². The third-order valence-electron chi connectivity index (χ3n) is 3.59. The first kappa shape index (κ1) is 11.1. The van der Waals surface area contributed by atoms with Crippen molar-refractivity contribution < 1.29 is 9.90 Å². The zero-order valence-electron chi connectivity index (χ0n) is 9.23. The Balaban J connectivity index is 2.00. The molecule has 3 nitrogen and oxygen atoms in total. The van der Waals surface area contributed by atoms with E-state index in [-0.39, 0.29) is 11.8 Å². The van der Waals surface area contributed by atoms with Gasteiger partial charge in [-0.3, -0.25) is 4.79 Å². The van der Waals surface area contributed by atoms with Crippen molar-refractivity contribution in [3.63, 3.8) is 0 Å². The molecule has 1 aliphatic carbocycles. The van der Waals surface area contributed by atoms with E-state index in [9.17, 15) is 4.79 Å². The maximum absolute atomic E-state index is 10.8. The predicted molar refractivity (Wildman–Crippen MR) is 62.2 cm³/mol. The predicted octanol–water partition coefficient (Wildman–Crippen LogP) is 1.98. The molecule has 0 amide bonds. The molecule has 0 unspecified atom stereocenters. The van der Waals surface area contributed by atoms with Crippen LogP contribution >= 0.6 is 0 Å². The first-order valence-corrected chi connectivity index (χ1v) is 5.62.